The van der Waals surface area contributed by atoms with Gasteiger partial charge in [-0.3, -0.25) is 0 Å². The summed E-state index contributed by atoms with van der Waals surface area (Å²) in [6.07, 6.45) is 28.4. The molecule has 0 N–H and O–H groups in total. The molecule has 0 heterocycles. The SMILES string of the molecule is CC.CCCC(C)C1CC(CCC)C(CC2CCC(CC(C)C3CCC(C(C)CC)C3)CC2)C1.CCCCC(C)C. The van der Waals surface area contributed by atoms with Crippen LogP contribution in [0.1, 0.15) is 198 Å². The molecule has 3 rings (SSSR count). The molecule has 0 aromatic heterocycles. The minimum Gasteiger partial charge on any atom is -0.0683 e. The Morgan fingerprint density at radius 2 is 1.12 bits per heavy atom. The van der Waals surface area contributed by atoms with Crippen LogP contribution in [0.2, 0.25) is 0 Å². The summed E-state index contributed by atoms with van der Waals surface area (Å²) in [5.74, 6) is 11.2. The number of unbranched alkanes of at least 4 members (excludes halogenated alkanes) is 1. The summed E-state index contributed by atoms with van der Waals surface area (Å²) in [6, 6.07) is 0. The molecule has 3 saturated carbocycles. The second-order valence-electron chi connectivity index (χ2n) is 15.9. The fourth-order valence-electron chi connectivity index (χ4n) is 9.31. The zero-order valence-electron chi connectivity index (χ0n) is 30.8. The van der Waals surface area contributed by atoms with Gasteiger partial charge in [-0.05, 0) is 110 Å². The summed E-state index contributed by atoms with van der Waals surface area (Å²) in [5, 5.41) is 0. The van der Waals surface area contributed by atoms with Gasteiger partial charge >= 0.3 is 0 Å². The maximum atomic E-state index is 2.61. The maximum absolute atomic E-state index is 2.61. The molecule has 0 aromatic rings. The van der Waals surface area contributed by atoms with E-state index in [9.17, 15) is 0 Å². The first-order valence-electron chi connectivity index (χ1n) is 19.7. The Hall–Kier alpha value is 0. The average molecular weight is 575 g/mol. The standard InChI is InChI=1S/C32H60.C7H16.C2H6/c1-7-10-24(5)31-21-30(11-8-2)32(22-31)19-27-14-12-26(13-15-27)18-25(6)29-17-16-28(20-29)23(4)9-3;1-4-5-6-7(2)3;1-2/h23-32H,7-22H2,1-6H3;7H,4-6H2,1-3H3;1-2H3. The lowest BCUT2D eigenvalue weighted by Crippen LogP contribution is -2.22. The molecule has 0 heteroatoms. The van der Waals surface area contributed by atoms with Crippen LogP contribution in [0, 0.1) is 65.1 Å². The van der Waals surface area contributed by atoms with E-state index in [2.05, 4.69) is 62.3 Å². The van der Waals surface area contributed by atoms with Crippen LogP contribution in [0.4, 0.5) is 0 Å². The van der Waals surface area contributed by atoms with Crippen LogP contribution < -0.4 is 0 Å². The van der Waals surface area contributed by atoms with Crippen LogP contribution in [-0.4, -0.2) is 0 Å². The smallest absolute Gasteiger partial charge is 0.0380 e. The predicted molar refractivity (Wildman–Crippen MR) is 189 cm³/mol. The molecule has 0 radical (unpaired) electrons. The van der Waals surface area contributed by atoms with Gasteiger partial charge in [-0.25, -0.2) is 0 Å². The Morgan fingerprint density at radius 1 is 0.537 bits per heavy atom. The third kappa shape index (κ3) is 14.6. The van der Waals surface area contributed by atoms with Gasteiger partial charge < -0.3 is 0 Å². The zero-order chi connectivity index (χ0) is 30.8. The van der Waals surface area contributed by atoms with Gasteiger partial charge in [-0.15, -0.1) is 0 Å². The van der Waals surface area contributed by atoms with Gasteiger partial charge in [0.1, 0.15) is 0 Å². The van der Waals surface area contributed by atoms with Gasteiger partial charge in [0.2, 0.25) is 0 Å². The fraction of sp³-hybridized carbons (Fsp3) is 1.00. The van der Waals surface area contributed by atoms with Crippen molar-refractivity contribution in [2.45, 2.75) is 198 Å². The Balaban J connectivity index is 0.000000816. The fourth-order valence-corrected chi connectivity index (χ4v) is 9.31. The van der Waals surface area contributed by atoms with Crippen molar-refractivity contribution in [3.63, 3.8) is 0 Å². The van der Waals surface area contributed by atoms with Crippen molar-refractivity contribution in [2.75, 3.05) is 0 Å². The molecular weight excluding hydrogens is 492 g/mol. The summed E-state index contributed by atoms with van der Waals surface area (Å²) < 4.78 is 0. The molecule has 3 aliphatic carbocycles. The van der Waals surface area contributed by atoms with Crippen molar-refractivity contribution in [3.05, 3.63) is 0 Å². The van der Waals surface area contributed by atoms with Gasteiger partial charge in [-0.2, -0.15) is 0 Å². The predicted octanol–water partition coefficient (Wildman–Crippen LogP) is 14.4. The molecule has 246 valence electrons. The van der Waals surface area contributed by atoms with E-state index in [1.54, 1.807) is 57.8 Å². The van der Waals surface area contributed by atoms with Crippen LogP contribution >= 0.6 is 0 Å². The van der Waals surface area contributed by atoms with E-state index in [0.29, 0.717) is 0 Å². The molecule has 8 unspecified atom stereocenters. The highest BCUT2D eigenvalue weighted by Gasteiger charge is 2.38. The van der Waals surface area contributed by atoms with E-state index < -0.39 is 0 Å². The van der Waals surface area contributed by atoms with E-state index in [4.69, 9.17) is 0 Å². The number of hydrogen-bond donors (Lipinski definition) is 0. The molecule has 0 aliphatic heterocycles. The van der Waals surface area contributed by atoms with E-state index >= 15 is 0 Å². The summed E-state index contributed by atoms with van der Waals surface area (Å²) in [7, 11) is 0. The van der Waals surface area contributed by atoms with Gasteiger partial charge in [0.25, 0.3) is 0 Å². The van der Waals surface area contributed by atoms with Crippen LogP contribution in [-0.2, 0) is 0 Å². The first kappa shape index (κ1) is 39.0. The van der Waals surface area contributed by atoms with Crippen molar-refractivity contribution in [3.8, 4) is 0 Å². The minimum absolute atomic E-state index is 0.903. The third-order valence-electron chi connectivity index (χ3n) is 12.3. The lowest BCUT2D eigenvalue weighted by molar-refractivity contribution is 0.179. The van der Waals surface area contributed by atoms with Crippen LogP contribution in [0.3, 0.4) is 0 Å². The lowest BCUT2D eigenvalue weighted by Gasteiger charge is -2.34. The molecule has 0 amide bonds. The molecule has 0 bridgehead atoms. The van der Waals surface area contributed by atoms with Gasteiger partial charge in [0.15, 0.2) is 0 Å². The summed E-state index contributed by atoms with van der Waals surface area (Å²) in [5.41, 5.74) is 0. The molecule has 0 saturated heterocycles. The van der Waals surface area contributed by atoms with E-state index in [1.165, 1.54) is 64.2 Å². The van der Waals surface area contributed by atoms with Crippen molar-refractivity contribution in [2.24, 2.45) is 65.1 Å². The Labute approximate surface area is 262 Å². The molecule has 0 aromatic carbocycles. The monoisotopic (exact) mass is 575 g/mol. The normalized spacial score (nSPS) is 32.0. The third-order valence-corrected chi connectivity index (χ3v) is 12.3. The molecule has 41 heavy (non-hydrogen) atoms. The lowest BCUT2D eigenvalue weighted by atomic mass is 9.72. The first-order valence-corrected chi connectivity index (χ1v) is 19.7. The average Bonchev–Trinajstić information content (AvgIpc) is 3.62. The minimum atomic E-state index is 0.903. The quantitative estimate of drug-likeness (QED) is 0.182. The molecule has 3 fully saturated rings. The highest BCUT2D eigenvalue weighted by molar-refractivity contribution is 4.89. The maximum Gasteiger partial charge on any atom is -0.0380 e. The van der Waals surface area contributed by atoms with Gasteiger partial charge in [-0.1, -0.05) is 153 Å². The highest BCUT2D eigenvalue weighted by Crippen LogP contribution is 2.49. The van der Waals surface area contributed by atoms with Gasteiger partial charge in [0.05, 0.1) is 0 Å². The van der Waals surface area contributed by atoms with Crippen LogP contribution in [0.5, 0.6) is 0 Å². The molecule has 0 nitrogen and oxygen atoms in total. The van der Waals surface area contributed by atoms with Crippen molar-refractivity contribution in [1.29, 1.82) is 0 Å². The topological polar surface area (TPSA) is 0 Å². The molecular formula is C41H82. The van der Waals surface area contributed by atoms with Crippen molar-refractivity contribution < 1.29 is 0 Å². The number of hydrogen-bond acceptors (Lipinski definition) is 0. The molecule has 0 spiro atoms. The first-order chi connectivity index (χ1) is 19.7. The Kier molecular flexibility index (Phi) is 21.4. The molecule has 3 aliphatic rings. The Bertz CT molecular complexity index is 583. The number of rotatable bonds is 15. The second kappa shape index (κ2) is 22.5. The summed E-state index contributed by atoms with van der Waals surface area (Å²) >= 11 is 0. The second-order valence-corrected chi connectivity index (χ2v) is 15.9. The van der Waals surface area contributed by atoms with Crippen LogP contribution in [0.15, 0.2) is 0 Å². The van der Waals surface area contributed by atoms with Crippen molar-refractivity contribution >= 4 is 0 Å². The summed E-state index contributed by atoms with van der Waals surface area (Å²) in [6.45, 7) is 25.6. The summed E-state index contributed by atoms with van der Waals surface area (Å²) in [4.78, 5) is 0. The van der Waals surface area contributed by atoms with E-state index in [-0.39, 0.29) is 0 Å². The molecule has 8 atom stereocenters. The van der Waals surface area contributed by atoms with Crippen LogP contribution in [0.25, 0.3) is 0 Å². The zero-order valence-corrected chi connectivity index (χ0v) is 30.8. The highest BCUT2D eigenvalue weighted by atomic mass is 14.4. The van der Waals surface area contributed by atoms with E-state index in [1.807, 2.05) is 13.8 Å². The van der Waals surface area contributed by atoms with Crippen molar-refractivity contribution in [1.82, 2.24) is 0 Å². The van der Waals surface area contributed by atoms with E-state index in [0.717, 1.165) is 65.1 Å². The Morgan fingerprint density at radius 3 is 1.63 bits per heavy atom. The largest absolute Gasteiger partial charge is 0.0683 e. The van der Waals surface area contributed by atoms with Gasteiger partial charge in [0, 0.05) is 0 Å².